The highest BCUT2D eigenvalue weighted by atomic mass is 35.5. The first-order valence-corrected chi connectivity index (χ1v) is 9.66. The molecule has 2 amide bonds. The van der Waals surface area contributed by atoms with E-state index in [-0.39, 0.29) is 16.9 Å². The lowest BCUT2D eigenvalue weighted by Crippen LogP contribution is -2.34. The van der Waals surface area contributed by atoms with E-state index >= 15 is 0 Å². The smallest absolute Gasteiger partial charge is 0.257 e. The van der Waals surface area contributed by atoms with Crippen LogP contribution in [0.25, 0.3) is 0 Å². The van der Waals surface area contributed by atoms with Crippen molar-refractivity contribution in [2.75, 3.05) is 17.7 Å². The van der Waals surface area contributed by atoms with Gasteiger partial charge >= 0.3 is 0 Å². The minimum atomic E-state index is -0.333. The summed E-state index contributed by atoms with van der Waals surface area (Å²) >= 11 is 11.1. The normalized spacial score (nSPS) is 10.1. The fourth-order valence-electron chi connectivity index (χ4n) is 2.55. The number of hydrogen-bond donors (Lipinski definition) is 3. The molecule has 0 aliphatic carbocycles. The Morgan fingerprint density at radius 2 is 1.47 bits per heavy atom. The van der Waals surface area contributed by atoms with Crippen molar-refractivity contribution in [2.24, 2.45) is 0 Å². The lowest BCUT2D eigenvalue weighted by Gasteiger charge is -2.11. The number of benzene rings is 3. The fraction of sp³-hybridized carbons (Fsp3) is 0.0455. The third-order valence-electron chi connectivity index (χ3n) is 4.07. The van der Waals surface area contributed by atoms with E-state index in [2.05, 4.69) is 16.0 Å². The van der Waals surface area contributed by atoms with Crippen molar-refractivity contribution in [3.8, 4) is 5.75 Å². The Kier molecular flexibility index (Phi) is 7.00. The molecule has 0 radical (unpaired) electrons. The molecule has 0 atom stereocenters. The van der Waals surface area contributed by atoms with Gasteiger partial charge in [-0.25, -0.2) is 0 Å². The van der Waals surface area contributed by atoms with Crippen LogP contribution in [0, 0.1) is 0 Å². The summed E-state index contributed by atoms with van der Waals surface area (Å²) in [5, 5.41) is 8.99. The Morgan fingerprint density at radius 1 is 0.833 bits per heavy atom. The molecule has 6 nitrogen and oxygen atoms in total. The molecular weight excluding hydrogens is 422 g/mol. The minimum absolute atomic E-state index is 0.159. The zero-order valence-electron chi connectivity index (χ0n) is 15.9. The number of rotatable bonds is 5. The molecule has 0 bridgehead atoms. The number of carbonyl (C=O) groups is 2. The average molecular weight is 440 g/mol. The third kappa shape index (κ3) is 5.79. The molecule has 0 aromatic heterocycles. The number of carbonyl (C=O) groups excluding carboxylic acids is 2. The van der Waals surface area contributed by atoms with Gasteiger partial charge in [0.05, 0.1) is 7.11 Å². The van der Waals surface area contributed by atoms with Crippen molar-refractivity contribution in [3.63, 3.8) is 0 Å². The van der Waals surface area contributed by atoms with Crippen molar-refractivity contribution in [1.29, 1.82) is 0 Å². The number of thiocarbonyl (C=S) groups is 1. The number of halogens is 1. The van der Waals surface area contributed by atoms with Crippen LogP contribution in [0.4, 0.5) is 11.4 Å². The molecule has 0 aliphatic heterocycles. The molecule has 0 spiro atoms. The number of hydrogen-bond acceptors (Lipinski definition) is 4. The van der Waals surface area contributed by atoms with Gasteiger partial charge in [0, 0.05) is 27.5 Å². The zero-order chi connectivity index (χ0) is 21.5. The van der Waals surface area contributed by atoms with Crippen molar-refractivity contribution >= 4 is 52.1 Å². The van der Waals surface area contributed by atoms with Gasteiger partial charge in [-0.1, -0.05) is 17.7 Å². The molecule has 3 aromatic rings. The van der Waals surface area contributed by atoms with Gasteiger partial charge in [-0.3, -0.25) is 14.9 Å². The molecule has 30 heavy (non-hydrogen) atoms. The minimum Gasteiger partial charge on any atom is -0.497 e. The second-order valence-corrected chi connectivity index (χ2v) is 7.02. The van der Waals surface area contributed by atoms with Crippen LogP contribution in [0.3, 0.4) is 0 Å². The van der Waals surface area contributed by atoms with Gasteiger partial charge in [0.2, 0.25) is 0 Å². The van der Waals surface area contributed by atoms with E-state index in [0.717, 1.165) is 0 Å². The van der Waals surface area contributed by atoms with Gasteiger partial charge in [0.25, 0.3) is 11.8 Å². The number of ether oxygens (including phenoxy) is 1. The molecular formula is C22H18ClN3O3S. The predicted molar refractivity (Wildman–Crippen MR) is 123 cm³/mol. The van der Waals surface area contributed by atoms with E-state index in [1.807, 2.05) is 0 Å². The van der Waals surface area contributed by atoms with Gasteiger partial charge in [-0.05, 0) is 78.9 Å². The van der Waals surface area contributed by atoms with E-state index in [9.17, 15) is 9.59 Å². The topological polar surface area (TPSA) is 79.5 Å². The summed E-state index contributed by atoms with van der Waals surface area (Å²) in [5.41, 5.74) is 2.20. The van der Waals surface area contributed by atoms with Crippen LogP contribution in [-0.4, -0.2) is 24.0 Å². The van der Waals surface area contributed by atoms with E-state index in [1.54, 1.807) is 79.9 Å². The summed E-state index contributed by atoms with van der Waals surface area (Å²) in [6.07, 6.45) is 0. The maximum absolute atomic E-state index is 12.3. The second-order valence-electron chi connectivity index (χ2n) is 6.18. The fourth-order valence-corrected chi connectivity index (χ4v) is 2.95. The molecule has 0 heterocycles. The molecule has 0 saturated carbocycles. The van der Waals surface area contributed by atoms with Crippen molar-refractivity contribution in [3.05, 3.63) is 88.9 Å². The van der Waals surface area contributed by atoms with Crippen molar-refractivity contribution in [1.82, 2.24) is 5.32 Å². The molecule has 8 heteroatoms. The predicted octanol–water partition coefficient (Wildman–Crippen LogP) is 4.73. The average Bonchev–Trinajstić information content (AvgIpc) is 2.75. The summed E-state index contributed by atoms with van der Waals surface area (Å²) in [6.45, 7) is 0. The Bertz CT molecular complexity index is 1070. The highest BCUT2D eigenvalue weighted by molar-refractivity contribution is 7.80. The molecule has 0 saturated heterocycles. The van der Waals surface area contributed by atoms with Gasteiger partial charge < -0.3 is 15.4 Å². The maximum Gasteiger partial charge on any atom is 0.257 e. The van der Waals surface area contributed by atoms with Crippen LogP contribution in [0.1, 0.15) is 20.7 Å². The molecule has 0 aliphatic rings. The number of methoxy groups -OCH3 is 1. The third-order valence-corrected chi connectivity index (χ3v) is 4.51. The summed E-state index contributed by atoms with van der Waals surface area (Å²) in [6, 6.07) is 20.3. The molecule has 0 fully saturated rings. The van der Waals surface area contributed by atoms with Crippen molar-refractivity contribution < 1.29 is 14.3 Å². The van der Waals surface area contributed by atoms with Crippen LogP contribution in [0.5, 0.6) is 5.75 Å². The van der Waals surface area contributed by atoms with Gasteiger partial charge in [0.15, 0.2) is 5.11 Å². The summed E-state index contributed by atoms with van der Waals surface area (Å²) in [5.74, 6) is 0.0656. The van der Waals surface area contributed by atoms with E-state index in [4.69, 9.17) is 28.6 Å². The first kappa shape index (κ1) is 21.3. The number of anilines is 2. The lowest BCUT2D eigenvalue weighted by molar-refractivity contribution is 0.0976. The molecule has 0 unspecified atom stereocenters. The Labute approximate surface area is 184 Å². The van der Waals surface area contributed by atoms with Crippen molar-refractivity contribution in [2.45, 2.75) is 0 Å². The lowest BCUT2D eigenvalue weighted by atomic mass is 10.2. The van der Waals surface area contributed by atoms with E-state index in [1.165, 1.54) is 0 Å². The van der Waals surface area contributed by atoms with Crippen LogP contribution in [-0.2, 0) is 0 Å². The van der Waals surface area contributed by atoms with Crippen LogP contribution >= 0.6 is 23.8 Å². The Morgan fingerprint density at radius 3 is 2.07 bits per heavy atom. The van der Waals surface area contributed by atoms with Gasteiger partial charge in [-0.2, -0.15) is 0 Å². The standard InChI is InChI=1S/C22H18ClN3O3S/c1-29-19-11-5-14(6-12-19)20(27)26-22(30)25-18-9-7-17(8-10-18)24-21(28)15-3-2-4-16(23)13-15/h2-13H,1H3,(H,24,28)(H2,25,26,27,30). The SMILES string of the molecule is COc1ccc(C(=O)NC(=S)Nc2ccc(NC(=O)c3cccc(Cl)c3)cc2)cc1. The number of amides is 2. The first-order valence-electron chi connectivity index (χ1n) is 8.88. The van der Waals surface area contributed by atoms with E-state index < -0.39 is 0 Å². The Hall–Kier alpha value is -3.42. The highest BCUT2D eigenvalue weighted by Gasteiger charge is 2.09. The summed E-state index contributed by atoms with van der Waals surface area (Å²) in [7, 11) is 1.56. The van der Waals surface area contributed by atoms with Crippen LogP contribution in [0.2, 0.25) is 5.02 Å². The van der Waals surface area contributed by atoms with Gasteiger partial charge in [-0.15, -0.1) is 0 Å². The molecule has 3 N–H and O–H groups in total. The molecule has 3 aromatic carbocycles. The highest BCUT2D eigenvalue weighted by Crippen LogP contribution is 2.16. The Balaban J connectivity index is 1.55. The first-order chi connectivity index (χ1) is 14.4. The van der Waals surface area contributed by atoms with Crippen LogP contribution < -0.4 is 20.7 Å². The maximum atomic E-state index is 12.3. The van der Waals surface area contributed by atoms with Gasteiger partial charge in [0.1, 0.15) is 5.75 Å². The summed E-state index contributed by atoms with van der Waals surface area (Å²) < 4.78 is 5.07. The number of nitrogens with one attached hydrogen (secondary N) is 3. The molecule has 3 rings (SSSR count). The zero-order valence-corrected chi connectivity index (χ0v) is 17.5. The second kappa shape index (κ2) is 9.87. The van der Waals surface area contributed by atoms with Crippen LogP contribution in [0.15, 0.2) is 72.8 Å². The molecule has 152 valence electrons. The largest absolute Gasteiger partial charge is 0.497 e. The summed E-state index contributed by atoms with van der Waals surface area (Å²) in [4.78, 5) is 24.5. The quantitative estimate of drug-likeness (QED) is 0.501. The monoisotopic (exact) mass is 439 g/mol. The van der Waals surface area contributed by atoms with E-state index in [0.29, 0.717) is 33.3 Å².